The molecule has 0 heterocycles. The van der Waals surface area contributed by atoms with E-state index >= 15 is 0 Å². The fourth-order valence-corrected chi connectivity index (χ4v) is 4.64. The van der Waals surface area contributed by atoms with Crippen LogP contribution in [0.15, 0.2) is 0 Å². The van der Waals surface area contributed by atoms with Gasteiger partial charge in [-0.3, -0.25) is 23.7 Å². The number of methoxy groups -OCH3 is 1. The summed E-state index contributed by atoms with van der Waals surface area (Å²) in [6.45, 7) is 9.78. The number of aliphatic carboxylic acids is 1. The quantitative estimate of drug-likeness (QED) is 0.0478. The Morgan fingerprint density at radius 2 is 1.27 bits per heavy atom. The summed E-state index contributed by atoms with van der Waals surface area (Å²) in [4.78, 5) is 68.1. The Bertz CT molecular complexity index is 1100. The van der Waals surface area contributed by atoms with E-state index in [-0.39, 0.29) is 61.2 Å². The average Bonchev–Trinajstić information content (AvgIpc) is 2.98. The fourth-order valence-electron chi connectivity index (χ4n) is 3.98. The molecule has 0 fully saturated rings. The summed E-state index contributed by atoms with van der Waals surface area (Å²) in [6, 6.07) is 0. The molecule has 3 N–H and O–H groups in total. The molecule has 0 amide bonds. The van der Waals surface area contributed by atoms with Crippen molar-refractivity contribution in [1.29, 1.82) is 0 Å². The van der Waals surface area contributed by atoms with Crippen molar-refractivity contribution in [1.82, 2.24) is 0 Å². The van der Waals surface area contributed by atoms with Gasteiger partial charge in [-0.2, -0.15) is 8.42 Å². The first-order chi connectivity index (χ1) is 21.9. The summed E-state index contributed by atoms with van der Waals surface area (Å²) in [5.41, 5.74) is -2.61. The van der Waals surface area contributed by atoms with Crippen molar-refractivity contribution < 1.29 is 75.6 Å². The zero-order chi connectivity index (χ0) is 36.6. The fraction of sp³-hybridized carbons (Fsp3) is 0.800. The van der Waals surface area contributed by atoms with Crippen molar-refractivity contribution in [2.75, 3.05) is 26.9 Å². The van der Waals surface area contributed by atoms with Crippen molar-refractivity contribution in [2.45, 2.75) is 116 Å². The standard InChI is InChI=1S/C20H38O7S.C10H14O9.Na.H/c1-5-9-11-16(7-3)14-26-19(21)13-18(28(23,24)25)20(22)27-15-17(8-4)12-10-6-2;1-3-18-9(15)19-7(13)5-10(16,4-6(11)12)8(14)17-2;;/h16-18H,5-15H2,1-4H3,(H,23,24,25);16H,3-5H2,1-2H3,(H,11,12);;. The number of ether oxygens (including phenoxy) is 5. The number of unbranched alkanes of at least 4 members (excludes halogenated alkanes) is 2. The molecule has 4 unspecified atom stereocenters. The third-order valence-electron chi connectivity index (χ3n) is 6.91. The van der Waals surface area contributed by atoms with Gasteiger partial charge in [0.25, 0.3) is 10.1 Å². The van der Waals surface area contributed by atoms with E-state index < -0.39 is 76.2 Å². The van der Waals surface area contributed by atoms with Crippen LogP contribution < -0.4 is 0 Å². The van der Waals surface area contributed by atoms with Crippen LogP contribution >= 0.6 is 0 Å². The van der Waals surface area contributed by atoms with Crippen LogP contribution in [-0.2, 0) is 57.8 Å². The van der Waals surface area contributed by atoms with Gasteiger partial charge in [0.2, 0.25) is 0 Å². The van der Waals surface area contributed by atoms with Gasteiger partial charge in [0.1, 0.15) is 0 Å². The number of carbonyl (C=O) groups is 6. The monoisotopic (exact) mass is 724 g/mol. The molecule has 0 radical (unpaired) electrons. The number of carboxylic acids is 1. The number of carboxylic acid groups (broad SMARTS) is 1. The number of hydrogen-bond donors (Lipinski definition) is 3. The van der Waals surface area contributed by atoms with Crippen LogP contribution in [-0.4, -0.2) is 127 Å². The molecule has 0 aliphatic heterocycles. The van der Waals surface area contributed by atoms with E-state index in [2.05, 4.69) is 28.1 Å². The van der Waals surface area contributed by atoms with E-state index in [1.807, 2.05) is 13.8 Å². The normalized spacial score (nSPS) is 13.8. The van der Waals surface area contributed by atoms with E-state index in [9.17, 15) is 46.8 Å². The number of rotatable bonds is 22. The molecule has 0 rings (SSSR count). The van der Waals surface area contributed by atoms with Gasteiger partial charge in [-0.25, -0.2) is 9.59 Å². The molecule has 0 spiro atoms. The van der Waals surface area contributed by atoms with Gasteiger partial charge in [-0.15, -0.1) is 0 Å². The first kappa shape index (κ1) is 50.1. The molecule has 0 aliphatic carbocycles. The van der Waals surface area contributed by atoms with Crippen LogP contribution in [0.1, 0.15) is 105 Å². The molecule has 16 nitrogen and oxygen atoms in total. The Balaban J connectivity index is -0.000000887. The molecule has 0 saturated heterocycles. The van der Waals surface area contributed by atoms with Crippen LogP contribution in [0.2, 0.25) is 0 Å². The zero-order valence-electron chi connectivity index (χ0n) is 28.2. The van der Waals surface area contributed by atoms with E-state index in [0.29, 0.717) is 0 Å². The van der Waals surface area contributed by atoms with Gasteiger partial charge in [-0.1, -0.05) is 66.2 Å². The van der Waals surface area contributed by atoms with Crippen LogP contribution in [0.25, 0.3) is 0 Å². The van der Waals surface area contributed by atoms with E-state index in [0.717, 1.165) is 58.5 Å². The molecule has 276 valence electrons. The molecule has 0 saturated carbocycles. The van der Waals surface area contributed by atoms with Gasteiger partial charge >= 0.3 is 65.6 Å². The summed E-state index contributed by atoms with van der Waals surface area (Å²) >= 11 is 0. The van der Waals surface area contributed by atoms with Crippen LogP contribution in [0.4, 0.5) is 4.79 Å². The Labute approximate surface area is 304 Å². The molecule has 18 heteroatoms. The summed E-state index contributed by atoms with van der Waals surface area (Å²) in [5, 5.41) is 16.4. The molecular weight excluding hydrogens is 671 g/mol. The molecule has 0 bridgehead atoms. The first-order valence-corrected chi connectivity index (χ1v) is 17.1. The summed E-state index contributed by atoms with van der Waals surface area (Å²) in [6.07, 6.45) is 3.31. The zero-order valence-corrected chi connectivity index (χ0v) is 29.0. The predicted octanol–water partition coefficient (Wildman–Crippen LogP) is 2.96. The molecule has 0 aromatic carbocycles. The van der Waals surface area contributed by atoms with Gasteiger partial charge in [-0.05, 0) is 31.6 Å². The van der Waals surface area contributed by atoms with Crippen molar-refractivity contribution in [3.05, 3.63) is 0 Å². The second-order valence-corrected chi connectivity index (χ2v) is 12.4. The predicted molar refractivity (Wildman–Crippen MR) is 173 cm³/mol. The summed E-state index contributed by atoms with van der Waals surface area (Å²) in [5.74, 6) is -5.77. The van der Waals surface area contributed by atoms with E-state index in [4.69, 9.17) is 14.6 Å². The third kappa shape index (κ3) is 23.1. The Kier molecular flexibility index (Phi) is 28.7. The van der Waals surface area contributed by atoms with Gasteiger partial charge in [0.15, 0.2) is 10.9 Å². The number of aliphatic hydroxyl groups is 1. The maximum absolute atomic E-state index is 12.2. The van der Waals surface area contributed by atoms with E-state index in [1.165, 1.54) is 6.92 Å². The SMILES string of the molecule is CCCCC(CC)COC(=O)CC(C(=O)OCC(CC)CCCC)S(=O)(=O)O.CCOC(=O)OC(=O)CC(O)(CC(=O)O)C(=O)OC.[NaH]. The van der Waals surface area contributed by atoms with Crippen LogP contribution in [0.3, 0.4) is 0 Å². The van der Waals surface area contributed by atoms with Crippen molar-refractivity contribution in [2.24, 2.45) is 11.8 Å². The Morgan fingerprint density at radius 1 is 0.771 bits per heavy atom. The van der Waals surface area contributed by atoms with Gasteiger partial charge in [0, 0.05) is 0 Å². The molecular formula is C30H53NaO16S. The minimum absolute atomic E-state index is 0. The summed E-state index contributed by atoms with van der Waals surface area (Å²) < 4.78 is 55.4. The summed E-state index contributed by atoms with van der Waals surface area (Å²) in [7, 11) is -3.86. The van der Waals surface area contributed by atoms with Crippen LogP contribution in [0.5, 0.6) is 0 Å². The number of hydrogen-bond acceptors (Lipinski definition) is 14. The maximum atomic E-state index is 12.2. The number of esters is 4. The van der Waals surface area contributed by atoms with Crippen molar-refractivity contribution in [3.63, 3.8) is 0 Å². The number of carbonyl (C=O) groups excluding carboxylic acids is 5. The second-order valence-electron chi connectivity index (χ2n) is 10.8. The molecule has 0 aromatic rings. The molecule has 4 atom stereocenters. The van der Waals surface area contributed by atoms with Gasteiger partial charge < -0.3 is 33.9 Å². The molecule has 0 aromatic heterocycles. The minimum atomic E-state index is -4.76. The third-order valence-corrected chi connectivity index (χ3v) is 7.99. The Hall–Kier alpha value is -2.31. The van der Waals surface area contributed by atoms with Crippen molar-refractivity contribution in [3.8, 4) is 0 Å². The van der Waals surface area contributed by atoms with E-state index in [1.54, 1.807) is 0 Å². The average molecular weight is 725 g/mol. The van der Waals surface area contributed by atoms with Gasteiger partial charge in [0.05, 0.1) is 46.2 Å². The Morgan fingerprint density at radius 3 is 1.67 bits per heavy atom. The molecule has 0 aliphatic rings. The molecule has 48 heavy (non-hydrogen) atoms. The topological polar surface area (TPSA) is 243 Å². The first-order valence-electron chi connectivity index (χ1n) is 15.6. The second kappa shape index (κ2) is 27.5. The van der Waals surface area contributed by atoms with Crippen molar-refractivity contribution >= 4 is 75.7 Å². The van der Waals surface area contributed by atoms with Crippen LogP contribution in [0, 0.1) is 11.8 Å².